The number of likely N-dealkylation sites (tertiary alicyclic amines) is 1. The lowest BCUT2D eigenvalue weighted by atomic mass is 9.96. The van der Waals surface area contributed by atoms with Gasteiger partial charge in [0.15, 0.2) is 0 Å². The van der Waals surface area contributed by atoms with Crippen LogP contribution in [0.25, 0.3) is 0 Å². The minimum atomic E-state index is -4.18. The van der Waals surface area contributed by atoms with Crippen molar-refractivity contribution in [3.05, 3.63) is 0 Å². The van der Waals surface area contributed by atoms with Crippen molar-refractivity contribution in [3.63, 3.8) is 0 Å². The van der Waals surface area contributed by atoms with Crippen molar-refractivity contribution in [3.8, 4) is 0 Å². The lowest BCUT2D eigenvalue weighted by Crippen LogP contribution is -2.52. The molecule has 4 nitrogen and oxygen atoms in total. The van der Waals surface area contributed by atoms with Gasteiger partial charge in [-0.25, -0.2) is 0 Å². The van der Waals surface area contributed by atoms with Gasteiger partial charge in [-0.1, -0.05) is 20.3 Å². The Labute approximate surface area is 143 Å². The second kappa shape index (κ2) is 9.08. The monoisotopic (exact) mass is 359 g/mol. The number of rotatable bonds is 7. The molecule has 0 aromatic rings. The van der Waals surface area contributed by atoms with Gasteiger partial charge >= 0.3 is 6.18 Å². The molecule has 1 aliphatic rings. The molecule has 0 spiro atoms. The summed E-state index contributed by atoms with van der Waals surface area (Å²) >= 11 is 0. The minimum absolute atomic E-state index is 0. The average molecular weight is 360 g/mol. The first-order valence-corrected chi connectivity index (χ1v) is 7.96. The zero-order chi connectivity index (χ0) is 17.0. The predicted octanol–water partition coefficient (Wildman–Crippen LogP) is 2.66. The second-order valence-electron chi connectivity index (χ2n) is 6.52. The Hall–Kier alpha value is -0.530. The summed E-state index contributed by atoms with van der Waals surface area (Å²) in [5.74, 6) is -0.000559. The lowest BCUT2D eigenvalue weighted by Gasteiger charge is -2.29. The molecule has 0 aliphatic carbocycles. The molecule has 0 aromatic carbocycles. The van der Waals surface area contributed by atoms with Gasteiger partial charge < -0.3 is 10.6 Å². The molecule has 2 N–H and O–H groups in total. The molecule has 1 amide bonds. The summed E-state index contributed by atoms with van der Waals surface area (Å²) in [6, 6.07) is 0. The summed E-state index contributed by atoms with van der Waals surface area (Å²) in [6.07, 6.45) is -2.00. The maximum atomic E-state index is 12.5. The smallest absolute Gasteiger partial charge is 0.341 e. The van der Waals surface area contributed by atoms with Gasteiger partial charge in [-0.3, -0.25) is 9.69 Å². The second-order valence-corrected chi connectivity index (χ2v) is 6.52. The molecule has 8 heteroatoms. The van der Waals surface area contributed by atoms with Crippen LogP contribution >= 0.6 is 12.4 Å². The number of halogens is 4. The first-order valence-electron chi connectivity index (χ1n) is 7.96. The van der Waals surface area contributed by atoms with E-state index in [9.17, 15) is 18.0 Å². The summed E-state index contributed by atoms with van der Waals surface area (Å²) in [7, 11) is 0. The topological polar surface area (TPSA) is 49.6 Å². The van der Waals surface area contributed by atoms with Crippen molar-refractivity contribution in [2.75, 3.05) is 32.7 Å². The fourth-order valence-corrected chi connectivity index (χ4v) is 3.08. The van der Waals surface area contributed by atoms with Crippen molar-refractivity contribution in [1.82, 2.24) is 9.80 Å². The quantitative estimate of drug-likeness (QED) is 0.760. The molecule has 0 radical (unpaired) electrons. The standard InChI is InChI=1S/C15H28F3N3O.ClH/c1-4-7-14(3,19)13(22)21-8-6-12(10-21)9-20(5-2)11-15(16,17)18;/h12H,4-11,19H2,1-3H3;1H. The molecule has 138 valence electrons. The highest BCUT2D eigenvalue weighted by Gasteiger charge is 2.37. The van der Waals surface area contributed by atoms with Crippen molar-refractivity contribution in [1.29, 1.82) is 0 Å². The van der Waals surface area contributed by atoms with Crippen LogP contribution in [0.1, 0.15) is 40.0 Å². The zero-order valence-electron chi connectivity index (χ0n) is 14.2. The predicted molar refractivity (Wildman–Crippen MR) is 87.6 cm³/mol. The molecule has 23 heavy (non-hydrogen) atoms. The minimum Gasteiger partial charge on any atom is -0.341 e. The summed E-state index contributed by atoms with van der Waals surface area (Å²) < 4.78 is 37.5. The summed E-state index contributed by atoms with van der Waals surface area (Å²) in [4.78, 5) is 15.5. The Balaban J connectivity index is 0.00000484. The summed E-state index contributed by atoms with van der Waals surface area (Å²) in [6.45, 7) is 6.35. The fourth-order valence-electron chi connectivity index (χ4n) is 3.08. The number of nitrogens with two attached hydrogens (primary N) is 1. The Morgan fingerprint density at radius 1 is 1.35 bits per heavy atom. The average Bonchev–Trinajstić information content (AvgIpc) is 2.83. The molecule has 1 aliphatic heterocycles. The van der Waals surface area contributed by atoms with Gasteiger partial charge in [0.1, 0.15) is 0 Å². The Kier molecular flexibility index (Phi) is 8.87. The van der Waals surface area contributed by atoms with Crippen LogP contribution in [0.15, 0.2) is 0 Å². The highest BCUT2D eigenvalue weighted by molar-refractivity contribution is 5.86. The number of carbonyl (C=O) groups is 1. The molecular weight excluding hydrogens is 331 g/mol. The first kappa shape index (κ1) is 22.5. The zero-order valence-corrected chi connectivity index (χ0v) is 15.0. The van der Waals surface area contributed by atoms with Gasteiger partial charge in [0.05, 0.1) is 12.1 Å². The normalized spacial score (nSPS) is 21.2. The summed E-state index contributed by atoms with van der Waals surface area (Å²) in [5.41, 5.74) is 5.18. The van der Waals surface area contributed by atoms with Gasteiger partial charge in [-0.05, 0) is 32.2 Å². The van der Waals surface area contributed by atoms with Crippen molar-refractivity contribution in [2.45, 2.75) is 51.7 Å². The van der Waals surface area contributed by atoms with E-state index < -0.39 is 18.3 Å². The lowest BCUT2D eigenvalue weighted by molar-refractivity contribution is -0.147. The van der Waals surface area contributed by atoms with E-state index in [2.05, 4.69) is 0 Å². The molecule has 1 rings (SSSR count). The number of alkyl halides is 3. The first-order chi connectivity index (χ1) is 10.1. The van der Waals surface area contributed by atoms with Crippen molar-refractivity contribution in [2.24, 2.45) is 11.7 Å². The molecule has 0 saturated carbocycles. The summed E-state index contributed by atoms with van der Waals surface area (Å²) in [5, 5.41) is 0. The van der Waals surface area contributed by atoms with Gasteiger partial charge in [0.2, 0.25) is 5.91 Å². The maximum absolute atomic E-state index is 12.5. The molecule has 1 heterocycles. The van der Waals surface area contributed by atoms with E-state index in [-0.39, 0.29) is 24.2 Å². The van der Waals surface area contributed by atoms with Crippen molar-refractivity contribution < 1.29 is 18.0 Å². The maximum Gasteiger partial charge on any atom is 0.401 e. The highest BCUT2D eigenvalue weighted by atomic mass is 35.5. The van der Waals surface area contributed by atoms with E-state index in [4.69, 9.17) is 5.73 Å². The highest BCUT2D eigenvalue weighted by Crippen LogP contribution is 2.23. The number of hydrogen-bond donors (Lipinski definition) is 1. The van der Waals surface area contributed by atoms with E-state index in [0.717, 1.165) is 12.8 Å². The third-order valence-electron chi connectivity index (χ3n) is 4.20. The van der Waals surface area contributed by atoms with Crippen LogP contribution in [0.2, 0.25) is 0 Å². The molecule has 0 bridgehead atoms. The Morgan fingerprint density at radius 2 is 1.96 bits per heavy atom. The van der Waals surface area contributed by atoms with Crippen LogP contribution in [0.5, 0.6) is 0 Å². The fraction of sp³-hybridized carbons (Fsp3) is 0.933. The SMILES string of the molecule is CCCC(C)(N)C(=O)N1CCC(CN(CC)CC(F)(F)F)C1.Cl. The third-order valence-corrected chi connectivity index (χ3v) is 4.20. The van der Waals surface area contributed by atoms with Crippen LogP contribution in [-0.2, 0) is 4.79 Å². The molecule has 2 atom stereocenters. The van der Waals surface area contributed by atoms with Gasteiger partial charge in [0.25, 0.3) is 0 Å². The van der Waals surface area contributed by atoms with E-state index in [1.807, 2.05) is 6.92 Å². The number of nitrogens with zero attached hydrogens (tertiary/aromatic N) is 2. The van der Waals surface area contributed by atoms with E-state index >= 15 is 0 Å². The van der Waals surface area contributed by atoms with Crippen LogP contribution in [0.3, 0.4) is 0 Å². The third kappa shape index (κ3) is 7.27. The molecule has 2 unspecified atom stereocenters. The van der Waals surface area contributed by atoms with Gasteiger partial charge in [-0.2, -0.15) is 13.2 Å². The molecule has 0 aromatic heterocycles. The molecule has 1 fully saturated rings. The van der Waals surface area contributed by atoms with Crippen molar-refractivity contribution >= 4 is 18.3 Å². The van der Waals surface area contributed by atoms with Crippen LogP contribution < -0.4 is 5.73 Å². The Bertz CT molecular complexity index is 377. The van der Waals surface area contributed by atoms with Gasteiger partial charge in [0, 0.05) is 19.6 Å². The molecular formula is C15H29ClF3N3O. The van der Waals surface area contributed by atoms with E-state index in [1.165, 1.54) is 4.90 Å². The largest absolute Gasteiger partial charge is 0.401 e. The van der Waals surface area contributed by atoms with E-state index in [1.54, 1.807) is 18.7 Å². The van der Waals surface area contributed by atoms with E-state index in [0.29, 0.717) is 32.6 Å². The number of amides is 1. The van der Waals surface area contributed by atoms with Crippen LogP contribution in [0.4, 0.5) is 13.2 Å². The number of hydrogen-bond acceptors (Lipinski definition) is 3. The van der Waals surface area contributed by atoms with Crippen LogP contribution in [0, 0.1) is 5.92 Å². The van der Waals surface area contributed by atoms with Gasteiger partial charge in [-0.15, -0.1) is 12.4 Å². The number of carbonyl (C=O) groups excluding carboxylic acids is 1. The Morgan fingerprint density at radius 3 is 2.43 bits per heavy atom. The molecule has 1 saturated heterocycles. The van der Waals surface area contributed by atoms with Crippen LogP contribution in [-0.4, -0.2) is 60.1 Å².